The van der Waals surface area contributed by atoms with E-state index in [2.05, 4.69) is 17.1 Å². The number of halogens is 2. The van der Waals surface area contributed by atoms with Gasteiger partial charge < -0.3 is 4.90 Å². The van der Waals surface area contributed by atoms with Gasteiger partial charge >= 0.3 is 0 Å². The van der Waals surface area contributed by atoms with E-state index in [1.165, 1.54) is 5.84 Å². The molecule has 2 aliphatic heterocycles. The van der Waals surface area contributed by atoms with Gasteiger partial charge in [-0.15, -0.1) is 0 Å². The van der Waals surface area contributed by atoms with E-state index in [9.17, 15) is 0 Å². The molecule has 17 heavy (non-hydrogen) atoms. The number of aliphatic imine (C=N–C) groups is 1. The SMILES string of the molecule is Clc1ccc2c(c1Cl)CN1C(=N2)C2C=CC1C2. The summed E-state index contributed by atoms with van der Waals surface area (Å²) in [5, 5.41) is 1.27. The summed E-state index contributed by atoms with van der Waals surface area (Å²) in [5.74, 6) is 1.70. The van der Waals surface area contributed by atoms with Gasteiger partial charge in [-0.25, -0.2) is 4.99 Å². The molecule has 2 atom stereocenters. The summed E-state index contributed by atoms with van der Waals surface area (Å²) >= 11 is 12.3. The van der Waals surface area contributed by atoms with Crippen LogP contribution in [-0.4, -0.2) is 16.8 Å². The molecular weight excluding hydrogens is 255 g/mol. The summed E-state index contributed by atoms with van der Waals surface area (Å²) in [6, 6.07) is 4.29. The molecule has 2 heterocycles. The first-order valence-corrected chi connectivity index (χ1v) is 6.50. The highest BCUT2D eigenvalue weighted by atomic mass is 35.5. The summed E-state index contributed by atoms with van der Waals surface area (Å²) in [4.78, 5) is 7.08. The minimum absolute atomic E-state index is 0.502. The number of hydrogen-bond donors (Lipinski definition) is 0. The topological polar surface area (TPSA) is 15.6 Å². The van der Waals surface area contributed by atoms with Crippen LogP contribution >= 0.6 is 23.2 Å². The van der Waals surface area contributed by atoms with Gasteiger partial charge in [-0.05, 0) is 18.6 Å². The Labute approximate surface area is 110 Å². The van der Waals surface area contributed by atoms with Crippen LogP contribution in [0.2, 0.25) is 10.0 Å². The number of hydrogen-bond acceptors (Lipinski definition) is 2. The Morgan fingerprint density at radius 2 is 2.12 bits per heavy atom. The predicted octanol–water partition coefficient (Wildman–Crippen LogP) is 3.80. The molecule has 0 amide bonds. The minimum atomic E-state index is 0.502. The van der Waals surface area contributed by atoms with E-state index >= 15 is 0 Å². The maximum Gasteiger partial charge on any atom is 0.113 e. The lowest BCUT2D eigenvalue weighted by Gasteiger charge is -2.32. The first-order chi connectivity index (χ1) is 8.24. The molecule has 2 nitrogen and oxygen atoms in total. The maximum atomic E-state index is 6.26. The van der Waals surface area contributed by atoms with Crippen LogP contribution in [0.25, 0.3) is 0 Å². The van der Waals surface area contributed by atoms with Crippen LogP contribution in [0.5, 0.6) is 0 Å². The van der Waals surface area contributed by atoms with E-state index in [1.807, 2.05) is 12.1 Å². The van der Waals surface area contributed by atoms with Gasteiger partial charge in [-0.3, -0.25) is 0 Å². The van der Waals surface area contributed by atoms with Crippen molar-refractivity contribution in [2.45, 2.75) is 19.0 Å². The van der Waals surface area contributed by atoms with Crippen molar-refractivity contribution in [2.75, 3.05) is 0 Å². The average Bonchev–Trinajstić information content (AvgIpc) is 2.94. The number of benzene rings is 1. The number of fused-ring (bicyclic) bond motifs is 6. The monoisotopic (exact) mass is 264 g/mol. The highest BCUT2D eigenvalue weighted by molar-refractivity contribution is 6.42. The maximum absolute atomic E-state index is 6.26. The highest BCUT2D eigenvalue weighted by Crippen LogP contribution is 2.43. The van der Waals surface area contributed by atoms with Crippen molar-refractivity contribution < 1.29 is 0 Å². The van der Waals surface area contributed by atoms with Crippen LogP contribution in [0.1, 0.15) is 12.0 Å². The molecule has 86 valence electrons. The second kappa shape index (κ2) is 3.27. The van der Waals surface area contributed by atoms with Gasteiger partial charge in [-0.2, -0.15) is 0 Å². The molecule has 1 aromatic rings. The lowest BCUT2D eigenvalue weighted by atomic mass is 10.1. The van der Waals surface area contributed by atoms with Gasteiger partial charge in [0.05, 0.1) is 15.7 Å². The predicted molar refractivity (Wildman–Crippen MR) is 70.1 cm³/mol. The summed E-state index contributed by atoms with van der Waals surface area (Å²) in [5.41, 5.74) is 2.04. The van der Waals surface area contributed by atoms with E-state index in [0.717, 1.165) is 24.2 Å². The molecule has 4 heteroatoms. The largest absolute Gasteiger partial charge is 0.349 e. The molecule has 0 aromatic heterocycles. The third-order valence-corrected chi connectivity index (χ3v) is 4.67. The Hall–Kier alpha value is -0.990. The molecule has 3 aliphatic rings. The summed E-state index contributed by atoms with van der Waals surface area (Å²) < 4.78 is 0. The number of amidine groups is 1. The molecule has 1 saturated heterocycles. The fourth-order valence-corrected chi connectivity index (χ4v) is 3.36. The van der Waals surface area contributed by atoms with Crippen LogP contribution in [0.4, 0.5) is 5.69 Å². The van der Waals surface area contributed by atoms with Crippen LogP contribution in [0.3, 0.4) is 0 Å². The first kappa shape index (κ1) is 9.98. The molecule has 0 radical (unpaired) electrons. The van der Waals surface area contributed by atoms with Crippen molar-refractivity contribution in [3.8, 4) is 0 Å². The molecule has 0 N–H and O–H groups in total. The zero-order chi connectivity index (χ0) is 11.6. The van der Waals surface area contributed by atoms with Crippen molar-refractivity contribution in [1.29, 1.82) is 0 Å². The Kier molecular flexibility index (Phi) is 1.92. The van der Waals surface area contributed by atoms with Gasteiger partial charge in [0, 0.05) is 24.1 Å². The van der Waals surface area contributed by atoms with E-state index in [1.54, 1.807) is 0 Å². The Bertz CT molecular complexity index is 577. The first-order valence-electron chi connectivity index (χ1n) is 5.74. The average molecular weight is 265 g/mol. The van der Waals surface area contributed by atoms with Crippen LogP contribution in [-0.2, 0) is 6.54 Å². The van der Waals surface area contributed by atoms with Gasteiger partial charge in [0.15, 0.2) is 0 Å². The van der Waals surface area contributed by atoms with Gasteiger partial charge in [0.25, 0.3) is 0 Å². The van der Waals surface area contributed by atoms with Gasteiger partial charge in [0.2, 0.25) is 0 Å². The molecule has 1 fully saturated rings. The number of rotatable bonds is 0. The molecule has 0 saturated carbocycles. The third kappa shape index (κ3) is 1.25. The van der Waals surface area contributed by atoms with Gasteiger partial charge in [0.1, 0.15) is 5.84 Å². The molecule has 2 bridgehead atoms. The molecular formula is C13H10Cl2N2. The molecule has 1 aliphatic carbocycles. The van der Waals surface area contributed by atoms with Crippen molar-refractivity contribution >= 4 is 34.7 Å². The van der Waals surface area contributed by atoms with E-state index in [4.69, 9.17) is 28.2 Å². The molecule has 4 rings (SSSR count). The molecule has 0 spiro atoms. The van der Waals surface area contributed by atoms with Crippen molar-refractivity contribution in [1.82, 2.24) is 4.90 Å². The van der Waals surface area contributed by atoms with E-state index in [0.29, 0.717) is 22.0 Å². The smallest absolute Gasteiger partial charge is 0.113 e. The van der Waals surface area contributed by atoms with Crippen LogP contribution in [0.15, 0.2) is 29.3 Å². The lowest BCUT2D eigenvalue weighted by Crippen LogP contribution is -2.36. The highest BCUT2D eigenvalue weighted by Gasteiger charge is 2.41. The summed E-state index contributed by atoms with van der Waals surface area (Å²) in [6.45, 7) is 0.832. The lowest BCUT2D eigenvalue weighted by molar-refractivity contribution is 0.378. The van der Waals surface area contributed by atoms with E-state index in [-0.39, 0.29) is 0 Å². The number of nitrogens with zero attached hydrogens (tertiary/aromatic N) is 2. The van der Waals surface area contributed by atoms with Gasteiger partial charge in [-0.1, -0.05) is 35.4 Å². The fraction of sp³-hybridized carbons (Fsp3) is 0.308. The Morgan fingerprint density at radius 3 is 3.00 bits per heavy atom. The molecule has 2 unspecified atom stereocenters. The minimum Gasteiger partial charge on any atom is -0.349 e. The zero-order valence-corrected chi connectivity index (χ0v) is 10.5. The summed E-state index contributed by atoms with van der Waals surface area (Å²) in [7, 11) is 0. The summed E-state index contributed by atoms with van der Waals surface area (Å²) in [6.07, 6.45) is 5.70. The van der Waals surface area contributed by atoms with Crippen molar-refractivity contribution in [3.63, 3.8) is 0 Å². The fourth-order valence-electron chi connectivity index (χ4n) is 2.96. The van der Waals surface area contributed by atoms with Crippen LogP contribution in [0, 0.1) is 5.92 Å². The zero-order valence-electron chi connectivity index (χ0n) is 9.03. The molecule has 1 aromatic carbocycles. The Morgan fingerprint density at radius 1 is 1.24 bits per heavy atom. The Balaban J connectivity index is 1.89. The normalized spacial score (nSPS) is 28.1. The quantitative estimate of drug-likeness (QED) is 0.651. The van der Waals surface area contributed by atoms with Crippen molar-refractivity contribution in [3.05, 3.63) is 39.9 Å². The van der Waals surface area contributed by atoms with Crippen LogP contribution < -0.4 is 0 Å². The van der Waals surface area contributed by atoms with E-state index < -0.39 is 0 Å². The third-order valence-electron chi connectivity index (χ3n) is 3.82. The standard InChI is InChI=1S/C13H10Cl2N2/c14-10-3-4-11-9(12(10)15)6-17-8-2-1-7(5-8)13(17)16-11/h1-4,7-8H,5-6H2. The van der Waals surface area contributed by atoms with Crippen molar-refractivity contribution in [2.24, 2.45) is 10.9 Å². The second-order valence-corrected chi connectivity index (χ2v) is 5.54. The second-order valence-electron chi connectivity index (χ2n) is 4.75.